The van der Waals surface area contributed by atoms with Crippen LogP contribution in [-0.4, -0.2) is 6.61 Å². The molecule has 0 bridgehead atoms. The Morgan fingerprint density at radius 3 is 2.69 bits per heavy atom. The summed E-state index contributed by atoms with van der Waals surface area (Å²) in [6, 6.07) is 1.32. The monoisotopic (exact) mass is 237 g/mol. The van der Waals surface area contributed by atoms with Crippen LogP contribution in [0.5, 0.6) is 5.75 Å². The van der Waals surface area contributed by atoms with Crippen LogP contribution in [0.2, 0.25) is 15.1 Å². The summed E-state index contributed by atoms with van der Waals surface area (Å²) in [7, 11) is 0. The summed E-state index contributed by atoms with van der Waals surface area (Å²) >= 11 is 17.7. The minimum atomic E-state index is -0.237. The van der Waals surface area contributed by atoms with Crippen molar-refractivity contribution in [2.75, 3.05) is 6.61 Å². The van der Waals surface area contributed by atoms with Gasteiger partial charge in [-0.25, -0.2) is 0 Å². The fraction of sp³-hybridized carbons (Fsp3) is 0.250. The number of halogens is 3. The molecule has 1 aromatic carbocycles. The van der Waals surface area contributed by atoms with Crippen LogP contribution in [0.25, 0.3) is 0 Å². The van der Waals surface area contributed by atoms with Crippen molar-refractivity contribution in [2.24, 2.45) is 5.73 Å². The zero-order valence-corrected chi connectivity index (χ0v) is 8.75. The lowest BCUT2D eigenvalue weighted by Gasteiger charge is -2.06. The maximum Gasteiger partial charge on any atom is 0.144 e. The van der Waals surface area contributed by atoms with Gasteiger partial charge < -0.3 is 10.5 Å². The SMILES string of the molecule is N[C@@H]1COc2c(Cl)cc(Cl)c(Cl)c21. The van der Waals surface area contributed by atoms with Crippen LogP contribution in [0.1, 0.15) is 11.6 Å². The van der Waals surface area contributed by atoms with Crippen LogP contribution in [0.15, 0.2) is 6.07 Å². The molecule has 5 heteroatoms. The quantitative estimate of drug-likeness (QED) is 0.705. The Balaban J connectivity index is 2.70. The Kier molecular flexibility index (Phi) is 2.32. The molecule has 0 fully saturated rings. The largest absolute Gasteiger partial charge is 0.490 e. The van der Waals surface area contributed by atoms with Crippen LogP contribution in [0, 0.1) is 0 Å². The number of hydrogen-bond acceptors (Lipinski definition) is 2. The molecule has 0 saturated carbocycles. The molecule has 1 aromatic rings. The Bertz CT molecular complexity index is 367. The molecule has 70 valence electrons. The second-order valence-electron chi connectivity index (χ2n) is 2.81. The van der Waals surface area contributed by atoms with E-state index in [0.717, 1.165) is 0 Å². The number of fused-ring (bicyclic) bond motifs is 1. The van der Waals surface area contributed by atoms with Crippen molar-refractivity contribution in [1.29, 1.82) is 0 Å². The number of ether oxygens (including phenoxy) is 1. The zero-order chi connectivity index (χ0) is 9.59. The van der Waals surface area contributed by atoms with Crippen molar-refractivity contribution in [3.05, 3.63) is 26.7 Å². The number of benzene rings is 1. The summed E-state index contributed by atoms with van der Waals surface area (Å²) in [5.74, 6) is 0.559. The van der Waals surface area contributed by atoms with Gasteiger partial charge in [0.25, 0.3) is 0 Å². The van der Waals surface area contributed by atoms with Crippen molar-refractivity contribution < 1.29 is 4.74 Å². The molecule has 1 aliphatic heterocycles. The van der Waals surface area contributed by atoms with E-state index in [4.69, 9.17) is 45.3 Å². The molecule has 0 saturated heterocycles. The van der Waals surface area contributed by atoms with Gasteiger partial charge in [0.1, 0.15) is 12.4 Å². The number of nitrogens with two attached hydrogens (primary N) is 1. The van der Waals surface area contributed by atoms with Crippen LogP contribution in [0.4, 0.5) is 0 Å². The van der Waals surface area contributed by atoms with Crippen molar-refractivity contribution >= 4 is 34.8 Å². The fourth-order valence-electron chi connectivity index (χ4n) is 1.33. The Labute approximate surface area is 90.5 Å². The summed E-state index contributed by atoms with van der Waals surface area (Å²) in [6.45, 7) is 0.398. The van der Waals surface area contributed by atoms with Crippen LogP contribution >= 0.6 is 34.8 Å². The first-order valence-electron chi connectivity index (χ1n) is 3.67. The third-order valence-corrected chi connectivity index (χ3v) is 3.02. The van der Waals surface area contributed by atoms with Gasteiger partial charge >= 0.3 is 0 Å². The second kappa shape index (κ2) is 3.21. The van der Waals surface area contributed by atoms with Gasteiger partial charge in [-0.1, -0.05) is 34.8 Å². The van der Waals surface area contributed by atoms with Crippen molar-refractivity contribution in [2.45, 2.75) is 6.04 Å². The van der Waals surface area contributed by atoms with Crippen molar-refractivity contribution in [3.8, 4) is 5.75 Å². The van der Waals surface area contributed by atoms with Crippen molar-refractivity contribution in [1.82, 2.24) is 0 Å². The van der Waals surface area contributed by atoms with E-state index >= 15 is 0 Å². The molecule has 0 aromatic heterocycles. The average Bonchev–Trinajstić information content (AvgIpc) is 2.44. The third kappa shape index (κ3) is 1.38. The van der Waals surface area contributed by atoms with Gasteiger partial charge in [-0.3, -0.25) is 0 Å². The lowest BCUT2D eigenvalue weighted by molar-refractivity contribution is 0.333. The molecule has 1 atom stereocenters. The summed E-state index contributed by atoms with van der Waals surface area (Å²) in [5.41, 5.74) is 6.47. The number of rotatable bonds is 0. The molecule has 1 aliphatic rings. The van der Waals surface area contributed by atoms with Gasteiger partial charge in [0.15, 0.2) is 0 Å². The molecular weight excluding hydrogens is 232 g/mol. The standard InChI is InChI=1S/C8H6Cl3NO/c9-3-1-4(10)8-6(7(3)11)5(12)2-13-8/h1,5H,2,12H2/t5-/m1/s1. The van der Waals surface area contributed by atoms with Crippen LogP contribution in [0.3, 0.4) is 0 Å². The molecule has 0 spiro atoms. The highest BCUT2D eigenvalue weighted by atomic mass is 35.5. The zero-order valence-electron chi connectivity index (χ0n) is 6.48. The molecule has 13 heavy (non-hydrogen) atoms. The molecule has 2 N–H and O–H groups in total. The maximum absolute atomic E-state index is 5.95. The van der Waals surface area contributed by atoms with E-state index in [0.29, 0.717) is 33.0 Å². The molecule has 0 aliphatic carbocycles. The maximum atomic E-state index is 5.95. The van der Waals surface area contributed by atoms with Gasteiger partial charge in [0, 0.05) is 5.56 Å². The molecule has 0 amide bonds. The number of hydrogen-bond donors (Lipinski definition) is 1. The normalized spacial score (nSPS) is 19.8. The van der Waals surface area contributed by atoms with E-state index in [1.807, 2.05) is 0 Å². The van der Waals surface area contributed by atoms with E-state index in [-0.39, 0.29) is 6.04 Å². The van der Waals surface area contributed by atoms with Gasteiger partial charge in [-0.2, -0.15) is 0 Å². The van der Waals surface area contributed by atoms with Gasteiger partial charge in [-0.15, -0.1) is 0 Å². The molecule has 2 nitrogen and oxygen atoms in total. The Morgan fingerprint density at radius 2 is 2.00 bits per heavy atom. The topological polar surface area (TPSA) is 35.2 Å². The second-order valence-corrected chi connectivity index (χ2v) is 4.01. The van der Waals surface area contributed by atoms with E-state index in [1.165, 1.54) is 0 Å². The average molecular weight is 239 g/mol. The predicted molar refractivity (Wildman–Crippen MR) is 53.9 cm³/mol. The first-order chi connectivity index (χ1) is 6.11. The lowest BCUT2D eigenvalue weighted by atomic mass is 10.1. The Hall–Kier alpha value is -0.150. The molecule has 1 heterocycles. The summed E-state index contributed by atoms with van der Waals surface area (Å²) in [6.07, 6.45) is 0. The van der Waals surface area contributed by atoms with E-state index < -0.39 is 0 Å². The summed E-state index contributed by atoms with van der Waals surface area (Å²) < 4.78 is 5.28. The predicted octanol–water partition coefficient (Wildman–Crippen LogP) is 3.04. The lowest BCUT2D eigenvalue weighted by Crippen LogP contribution is -2.11. The van der Waals surface area contributed by atoms with Crippen molar-refractivity contribution in [3.63, 3.8) is 0 Å². The highest BCUT2D eigenvalue weighted by molar-refractivity contribution is 6.44. The van der Waals surface area contributed by atoms with Crippen LogP contribution in [-0.2, 0) is 0 Å². The molecule has 0 unspecified atom stereocenters. The summed E-state index contributed by atoms with van der Waals surface area (Å²) in [4.78, 5) is 0. The highest BCUT2D eigenvalue weighted by Gasteiger charge is 2.27. The highest BCUT2D eigenvalue weighted by Crippen LogP contribution is 2.45. The van der Waals surface area contributed by atoms with E-state index in [1.54, 1.807) is 6.07 Å². The summed E-state index contributed by atoms with van der Waals surface area (Å²) in [5, 5.41) is 1.30. The van der Waals surface area contributed by atoms with Gasteiger partial charge in [-0.05, 0) is 6.07 Å². The van der Waals surface area contributed by atoms with Gasteiger partial charge in [0.2, 0.25) is 0 Å². The first-order valence-corrected chi connectivity index (χ1v) is 4.80. The fourth-order valence-corrected chi connectivity index (χ4v) is 2.14. The van der Waals surface area contributed by atoms with Crippen LogP contribution < -0.4 is 10.5 Å². The Morgan fingerprint density at radius 1 is 1.31 bits per heavy atom. The third-order valence-electron chi connectivity index (χ3n) is 1.94. The van der Waals surface area contributed by atoms with E-state index in [9.17, 15) is 0 Å². The van der Waals surface area contributed by atoms with Gasteiger partial charge in [0.05, 0.1) is 21.1 Å². The molecule has 2 rings (SSSR count). The smallest absolute Gasteiger partial charge is 0.144 e. The molecule has 0 radical (unpaired) electrons. The minimum Gasteiger partial charge on any atom is -0.490 e. The van der Waals surface area contributed by atoms with E-state index in [2.05, 4.69) is 0 Å². The first kappa shape index (κ1) is 9.41. The minimum absolute atomic E-state index is 0.237. The molecular formula is C8H6Cl3NO.